The zero-order valence-electron chi connectivity index (χ0n) is 24.7. The van der Waals surface area contributed by atoms with Crippen molar-refractivity contribution in [2.45, 2.75) is 18.2 Å². The first-order chi connectivity index (χ1) is 21.8. The lowest BCUT2D eigenvalue weighted by atomic mass is 10.1. The van der Waals surface area contributed by atoms with E-state index in [0.717, 1.165) is 16.9 Å². The van der Waals surface area contributed by atoms with Crippen molar-refractivity contribution in [2.75, 3.05) is 41.9 Å². The number of carbonyl (C=O) groups excluding carboxylic acids is 1. The number of benzene rings is 4. The summed E-state index contributed by atoms with van der Waals surface area (Å²) < 4.78 is 35.2. The highest BCUT2D eigenvalue weighted by atomic mass is 32.2. The lowest BCUT2D eigenvalue weighted by molar-refractivity contribution is 0.0663. The Morgan fingerprint density at radius 2 is 1.60 bits per heavy atom. The largest absolute Gasteiger partial charge is 0.475 e. The topological polar surface area (TPSA) is 94.3 Å². The number of para-hydroxylation sites is 2. The Bertz CT molecular complexity index is 1870. The minimum Gasteiger partial charge on any atom is -0.475 e. The summed E-state index contributed by atoms with van der Waals surface area (Å²) in [5, 5.41) is 10.1. The third-order valence-corrected chi connectivity index (χ3v) is 9.54. The first kappa shape index (κ1) is 30.1. The van der Waals surface area contributed by atoms with Crippen LogP contribution in [0, 0.1) is 12.7 Å². The lowest BCUT2D eigenvalue weighted by Gasteiger charge is -2.38. The Morgan fingerprint density at radius 3 is 2.31 bits per heavy atom. The van der Waals surface area contributed by atoms with E-state index < -0.39 is 17.0 Å². The summed E-state index contributed by atoms with van der Waals surface area (Å²) in [5.74, 6) is -1.79. The van der Waals surface area contributed by atoms with Gasteiger partial charge in [-0.3, -0.25) is 9.10 Å². The van der Waals surface area contributed by atoms with Crippen LogP contribution in [0.25, 0.3) is 11.0 Å². The number of amides is 1. The van der Waals surface area contributed by atoms with E-state index in [1.54, 1.807) is 30.0 Å². The molecule has 1 aliphatic rings. The van der Waals surface area contributed by atoms with Gasteiger partial charge in [0.15, 0.2) is 11.0 Å². The van der Waals surface area contributed by atoms with Gasteiger partial charge >= 0.3 is 5.97 Å². The van der Waals surface area contributed by atoms with E-state index >= 15 is 0 Å². The van der Waals surface area contributed by atoms with Crippen LogP contribution >= 0.6 is 0 Å². The third-order valence-electron chi connectivity index (χ3n) is 8.10. The first-order valence-corrected chi connectivity index (χ1v) is 15.8. The fourth-order valence-corrected chi connectivity index (χ4v) is 6.92. The zero-order chi connectivity index (χ0) is 31.5. The average Bonchev–Trinajstić information content (AvgIpc) is 3.41. The molecule has 1 amide bonds. The molecule has 0 spiro atoms. The quantitative estimate of drug-likeness (QED) is 0.206. The van der Waals surface area contributed by atoms with Gasteiger partial charge in [-0.2, -0.15) is 0 Å². The fourth-order valence-electron chi connectivity index (χ4n) is 5.68. The lowest BCUT2D eigenvalue weighted by Crippen LogP contribution is -2.49. The molecule has 45 heavy (non-hydrogen) atoms. The second kappa shape index (κ2) is 13.0. The van der Waals surface area contributed by atoms with E-state index in [-0.39, 0.29) is 17.5 Å². The number of carbonyl (C=O) groups is 2. The van der Waals surface area contributed by atoms with E-state index in [2.05, 4.69) is 4.90 Å². The molecule has 1 N–H and O–H groups in total. The molecule has 1 aliphatic heterocycles. The second-order valence-corrected chi connectivity index (χ2v) is 12.3. The molecule has 1 aromatic heterocycles. The molecule has 1 atom stereocenters. The van der Waals surface area contributed by atoms with Gasteiger partial charge in [-0.1, -0.05) is 42.5 Å². The maximum Gasteiger partial charge on any atom is 0.372 e. The number of aryl methyl sites for hydroxylation is 1. The summed E-state index contributed by atoms with van der Waals surface area (Å²) in [7, 11) is -1.65. The molecular formula is C35H32FN3O5S. The number of carboxylic acid groups (broad SMARTS) is 1. The number of aromatic carboxylic acids is 1. The van der Waals surface area contributed by atoms with Gasteiger partial charge < -0.3 is 19.3 Å². The van der Waals surface area contributed by atoms with E-state index in [4.69, 9.17) is 4.42 Å². The summed E-state index contributed by atoms with van der Waals surface area (Å²) in [6, 6.07) is 28.5. The summed E-state index contributed by atoms with van der Waals surface area (Å²) in [4.78, 5) is 29.2. The van der Waals surface area contributed by atoms with Crippen LogP contribution in [0.3, 0.4) is 0 Å². The van der Waals surface area contributed by atoms with Crippen molar-refractivity contribution in [2.24, 2.45) is 0 Å². The van der Waals surface area contributed by atoms with Crippen LogP contribution in [0.4, 0.5) is 15.8 Å². The second-order valence-electron chi connectivity index (χ2n) is 10.9. The van der Waals surface area contributed by atoms with Crippen molar-refractivity contribution in [3.8, 4) is 0 Å². The molecule has 5 aromatic rings. The predicted molar refractivity (Wildman–Crippen MR) is 173 cm³/mol. The molecule has 0 bridgehead atoms. The van der Waals surface area contributed by atoms with Crippen LogP contribution in [0.2, 0.25) is 0 Å². The minimum atomic E-state index is -1.65. The van der Waals surface area contributed by atoms with Crippen LogP contribution in [0.5, 0.6) is 0 Å². The van der Waals surface area contributed by atoms with Crippen LogP contribution in [-0.4, -0.2) is 58.8 Å². The van der Waals surface area contributed by atoms with Crippen molar-refractivity contribution < 1.29 is 27.7 Å². The molecule has 2 heterocycles. The van der Waals surface area contributed by atoms with Gasteiger partial charge in [0.25, 0.3) is 5.91 Å². The molecule has 6 rings (SSSR count). The number of hydrogen-bond acceptors (Lipinski definition) is 5. The van der Waals surface area contributed by atoms with Crippen molar-refractivity contribution in [3.05, 3.63) is 125 Å². The molecule has 10 heteroatoms. The number of furan rings is 1. The highest BCUT2D eigenvalue weighted by Crippen LogP contribution is 2.34. The number of carboxylic acids is 1. The molecule has 4 aromatic carbocycles. The van der Waals surface area contributed by atoms with Gasteiger partial charge in [-0.05, 0) is 73.5 Å². The molecule has 230 valence electrons. The highest BCUT2D eigenvalue weighted by molar-refractivity contribution is 7.86. The van der Waals surface area contributed by atoms with Crippen molar-refractivity contribution in [1.82, 2.24) is 4.90 Å². The summed E-state index contributed by atoms with van der Waals surface area (Å²) in [6.45, 7) is 4.26. The Balaban J connectivity index is 1.29. The van der Waals surface area contributed by atoms with Crippen LogP contribution < -0.4 is 9.21 Å². The molecule has 0 aliphatic carbocycles. The van der Waals surface area contributed by atoms with E-state index in [0.29, 0.717) is 66.1 Å². The van der Waals surface area contributed by atoms with E-state index in [9.17, 15) is 23.3 Å². The summed E-state index contributed by atoms with van der Waals surface area (Å²) in [6.07, 6.45) is 0.650. The number of rotatable bonds is 9. The number of fused-ring (bicyclic) bond motifs is 1. The van der Waals surface area contributed by atoms with Crippen LogP contribution in [0.15, 0.2) is 106 Å². The normalized spacial score (nSPS) is 14.0. The third kappa shape index (κ3) is 6.32. The van der Waals surface area contributed by atoms with Gasteiger partial charge in [-0.15, -0.1) is 0 Å². The van der Waals surface area contributed by atoms with Crippen molar-refractivity contribution in [1.29, 1.82) is 0 Å². The summed E-state index contributed by atoms with van der Waals surface area (Å²) >= 11 is 0. The number of halogens is 1. The fraction of sp³-hybridized carbons (Fsp3) is 0.200. The molecule has 8 nitrogen and oxygen atoms in total. The molecule has 0 radical (unpaired) electrons. The van der Waals surface area contributed by atoms with E-state index in [1.165, 1.54) is 24.3 Å². The Labute approximate surface area is 262 Å². The average molecular weight is 626 g/mol. The predicted octanol–water partition coefficient (Wildman–Crippen LogP) is 6.31. The maximum absolute atomic E-state index is 14.4. The number of anilines is 2. The van der Waals surface area contributed by atoms with Gasteiger partial charge in [0, 0.05) is 49.2 Å². The van der Waals surface area contributed by atoms with Gasteiger partial charge in [0.2, 0.25) is 5.76 Å². The van der Waals surface area contributed by atoms with E-state index in [1.807, 2.05) is 58.9 Å². The molecular weight excluding hydrogens is 593 g/mol. The molecule has 0 saturated carbocycles. The van der Waals surface area contributed by atoms with Gasteiger partial charge in [0.05, 0.1) is 16.3 Å². The zero-order valence-corrected chi connectivity index (χ0v) is 25.5. The minimum absolute atomic E-state index is 0.128. The van der Waals surface area contributed by atoms with Gasteiger partial charge in [-0.25, -0.2) is 13.4 Å². The Kier molecular flexibility index (Phi) is 8.66. The monoisotopic (exact) mass is 625 g/mol. The number of piperazine rings is 1. The number of nitrogens with zero attached hydrogens (tertiary/aromatic N) is 3. The molecule has 1 fully saturated rings. The standard InChI is InChI=1S/C35H32FN3O5S/c1-24-29-23-28(15-16-32(29)44-33(24)35(41)42)45(43)39(18-17-25-7-3-2-4-8-25)31-10-6-5-9-30(31)37-19-21-38(22-20-37)34(40)26-11-13-27(36)14-12-26/h2-16,23H,17-22H2,1H3,(H,41,42). The van der Waals surface area contributed by atoms with Crippen molar-refractivity contribution in [3.63, 3.8) is 0 Å². The molecule has 1 unspecified atom stereocenters. The van der Waals surface area contributed by atoms with Gasteiger partial charge in [0.1, 0.15) is 11.4 Å². The van der Waals surface area contributed by atoms with Crippen LogP contribution in [-0.2, 0) is 17.4 Å². The number of hydrogen-bond donors (Lipinski definition) is 1. The summed E-state index contributed by atoms with van der Waals surface area (Å²) in [5.41, 5.74) is 4.17. The highest BCUT2D eigenvalue weighted by Gasteiger charge is 2.27. The smallest absolute Gasteiger partial charge is 0.372 e. The maximum atomic E-state index is 14.4. The SMILES string of the molecule is Cc1c(C(=O)O)oc2ccc(S(=O)N(CCc3ccccc3)c3ccccc3N3CCN(C(=O)c4ccc(F)cc4)CC3)cc12. The Morgan fingerprint density at radius 1 is 0.911 bits per heavy atom. The van der Waals surface area contributed by atoms with Crippen molar-refractivity contribution >= 4 is 45.2 Å². The molecule has 1 saturated heterocycles. The Hall–Kier alpha value is -4.96. The first-order valence-electron chi connectivity index (χ1n) is 14.7. The van der Waals surface area contributed by atoms with Crippen LogP contribution in [0.1, 0.15) is 32.0 Å².